The Hall–Kier alpha value is -1.08. The molecule has 0 saturated heterocycles. The van der Waals surface area contributed by atoms with Gasteiger partial charge in [0.25, 0.3) is 0 Å². The van der Waals surface area contributed by atoms with E-state index in [0.717, 1.165) is 19.5 Å². The second-order valence-electron chi connectivity index (χ2n) is 3.39. The van der Waals surface area contributed by atoms with Gasteiger partial charge >= 0.3 is 0 Å². The third kappa shape index (κ3) is 2.43. The molecule has 1 aliphatic heterocycles. The lowest BCUT2D eigenvalue weighted by Gasteiger charge is -2.22. The van der Waals surface area contributed by atoms with Crippen LogP contribution in [0.3, 0.4) is 0 Å². The summed E-state index contributed by atoms with van der Waals surface area (Å²) in [4.78, 5) is 2.41. The summed E-state index contributed by atoms with van der Waals surface area (Å²) in [5.41, 5.74) is 1.39. The highest BCUT2D eigenvalue weighted by atomic mass is 15.1. The van der Waals surface area contributed by atoms with Crippen molar-refractivity contribution in [3.63, 3.8) is 0 Å². The Morgan fingerprint density at radius 2 is 2.08 bits per heavy atom. The molecular weight excluding hydrogens is 158 g/mol. The van der Waals surface area contributed by atoms with E-state index in [9.17, 15) is 0 Å². The fraction of sp³-hybridized carbons (Fsp3) is 0.333. The molecule has 67 valence electrons. The molecule has 1 heterocycles. The summed E-state index contributed by atoms with van der Waals surface area (Å²) in [7, 11) is 0. The molecule has 0 unspecified atom stereocenters. The minimum atomic E-state index is 0.981. The first-order valence-corrected chi connectivity index (χ1v) is 4.76. The Morgan fingerprint density at radius 3 is 2.77 bits per heavy atom. The quantitative estimate of drug-likeness (QED) is 0.661. The average Bonchev–Trinajstić information content (AvgIpc) is 2.21. The molecule has 0 fully saturated rings. The van der Waals surface area contributed by atoms with E-state index in [1.807, 2.05) is 0 Å². The van der Waals surface area contributed by atoms with Crippen molar-refractivity contribution in [3.8, 4) is 0 Å². The minimum Gasteiger partial charge on any atom is -0.295 e. The molecule has 1 heteroatoms. The number of hydrogen-bond acceptors (Lipinski definition) is 1. The molecule has 1 aliphatic rings. The Bertz CT molecular complexity index is 276. The van der Waals surface area contributed by atoms with E-state index in [2.05, 4.69) is 47.4 Å². The first kappa shape index (κ1) is 8.52. The van der Waals surface area contributed by atoms with E-state index in [-0.39, 0.29) is 0 Å². The van der Waals surface area contributed by atoms with Gasteiger partial charge in [0.15, 0.2) is 0 Å². The topological polar surface area (TPSA) is 3.24 Å². The van der Waals surface area contributed by atoms with Crippen molar-refractivity contribution >= 4 is 0 Å². The molecule has 1 aromatic carbocycles. The zero-order chi connectivity index (χ0) is 8.93. The zero-order valence-electron chi connectivity index (χ0n) is 7.74. The van der Waals surface area contributed by atoms with Crippen LogP contribution in [0.1, 0.15) is 12.0 Å². The maximum absolute atomic E-state index is 3.26. The second kappa shape index (κ2) is 4.24. The summed E-state index contributed by atoms with van der Waals surface area (Å²) in [6, 6.07) is 10.6. The van der Waals surface area contributed by atoms with Gasteiger partial charge in [-0.15, -0.1) is 0 Å². The lowest BCUT2D eigenvalue weighted by atomic mass is 10.2. The van der Waals surface area contributed by atoms with Gasteiger partial charge in [0.1, 0.15) is 0 Å². The van der Waals surface area contributed by atoms with Crippen molar-refractivity contribution in [2.24, 2.45) is 0 Å². The van der Waals surface area contributed by atoms with Gasteiger partial charge in [0, 0.05) is 19.6 Å². The number of nitrogens with zero attached hydrogens (tertiary/aromatic N) is 1. The lowest BCUT2D eigenvalue weighted by molar-refractivity contribution is 0.286. The summed E-state index contributed by atoms with van der Waals surface area (Å²) >= 11 is 0. The smallest absolute Gasteiger partial charge is 0.0237 e. The van der Waals surface area contributed by atoms with Gasteiger partial charge in [0.05, 0.1) is 0 Å². The summed E-state index contributed by atoms with van der Waals surface area (Å²) in [5.74, 6) is 0. The van der Waals surface area contributed by atoms with Crippen LogP contribution < -0.4 is 0 Å². The van der Waals surface area contributed by atoms with Gasteiger partial charge in [-0.2, -0.15) is 0 Å². The second-order valence-corrected chi connectivity index (χ2v) is 3.39. The molecule has 0 aromatic heterocycles. The predicted octanol–water partition coefficient (Wildman–Crippen LogP) is 2.25. The summed E-state index contributed by atoms with van der Waals surface area (Å²) < 4.78 is 0. The highest BCUT2D eigenvalue weighted by Crippen LogP contribution is 2.07. The molecule has 0 atom stereocenters. The normalized spacial score (nSPS) is 17.5. The molecule has 2 rings (SSSR count). The molecule has 1 aromatic rings. The number of hydrogen-bond donors (Lipinski definition) is 0. The third-order valence-electron chi connectivity index (χ3n) is 2.30. The molecule has 1 radical (unpaired) electrons. The molecular formula is C12H14N. The summed E-state index contributed by atoms with van der Waals surface area (Å²) in [6.07, 6.45) is 6.54. The highest BCUT2D eigenvalue weighted by molar-refractivity contribution is 5.14. The van der Waals surface area contributed by atoms with Crippen LogP contribution in [0.25, 0.3) is 0 Å². The Kier molecular flexibility index (Phi) is 2.78. The van der Waals surface area contributed by atoms with Crippen molar-refractivity contribution in [1.82, 2.24) is 4.90 Å². The van der Waals surface area contributed by atoms with Crippen LogP contribution in [0.2, 0.25) is 0 Å². The lowest BCUT2D eigenvalue weighted by Crippen LogP contribution is -2.26. The van der Waals surface area contributed by atoms with Crippen molar-refractivity contribution < 1.29 is 0 Å². The molecule has 0 amide bonds. The van der Waals surface area contributed by atoms with Crippen LogP contribution in [-0.4, -0.2) is 18.0 Å². The van der Waals surface area contributed by atoms with Gasteiger partial charge in [-0.1, -0.05) is 36.4 Å². The van der Waals surface area contributed by atoms with Crippen molar-refractivity contribution in [3.05, 3.63) is 48.0 Å². The molecule has 0 bridgehead atoms. The van der Waals surface area contributed by atoms with E-state index >= 15 is 0 Å². The monoisotopic (exact) mass is 172 g/mol. The van der Waals surface area contributed by atoms with Crippen LogP contribution in [-0.2, 0) is 6.54 Å². The maximum atomic E-state index is 3.26. The van der Waals surface area contributed by atoms with Gasteiger partial charge in [-0.05, 0) is 18.1 Å². The van der Waals surface area contributed by atoms with E-state index in [1.54, 1.807) is 0 Å². The average molecular weight is 172 g/mol. The Morgan fingerprint density at radius 1 is 1.23 bits per heavy atom. The van der Waals surface area contributed by atoms with Crippen molar-refractivity contribution in [2.75, 3.05) is 13.1 Å². The van der Waals surface area contributed by atoms with Gasteiger partial charge < -0.3 is 0 Å². The first-order chi connectivity index (χ1) is 6.45. The van der Waals surface area contributed by atoms with Crippen LogP contribution in [0.4, 0.5) is 0 Å². The largest absolute Gasteiger partial charge is 0.295 e. The molecule has 0 spiro atoms. The summed E-state index contributed by atoms with van der Waals surface area (Å²) in [6.45, 7) is 3.21. The Balaban J connectivity index is 1.94. The van der Waals surface area contributed by atoms with Gasteiger partial charge in [0.2, 0.25) is 0 Å². The van der Waals surface area contributed by atoms with Crippen LogP contribution in [0, 0.1) is 6.08 Å². The fourth-order valence-corrected chi connectivity index (χ4v) is 1.60. The van der Waals surface area contributed by atoms with Crippen molar-refractivity contribution in [1.29, 1.82) is 0 Å². The maximum Gasteiger partial charge on any atom is 0.0237 e. The molecule has 0 saturated carbocycles. The van der Waals surface area contributed by atoms with E-state index in [4.69, 9.17) is 0 Å². The summed E-state index contributed by atoms with van der Waals surface area (Å²) in [5, 5.41) is 0. The zero-order valence-corrected chi connectivity index (χ0v) is 7.74. The van der Waals surface area contributed by atoms with Gasteiger partial charge in [-0.3, -0.25) is 4.90 Å². The molecule has 0 aliphatic carbocycles. The van der Waals surface area contributed by atoms with Crippen LogP contribution >= 0.6 is 0 Å². The SMILES string of the molecule is [C]1=CCCN(Cc2ccccc2)C1. The standard InChI is InChI=1S/C12H14N/c1-3-7-12(8-4-1)11-13-9-5-2-6-10-13/h1-4,7-8H,5,9-11H2. The van der Waals surface area contributed by atoms with E-state index in [1.165, 1.54) is 12.1 Å². The minimum absolute atomic E-state index is 0.981. The van der Waals surface area contributed by atoms with E-state index < -0.39 is 0 Å². The first-order valence-electron chi connectivity index (χ1n) is 4.76. The fourth-order valence-electron chi connectivity index (χ4n) is 1.60. The van der Waals surface area contributed by atoms with Crippen LogP contribution in [0.15, 0.2) is 36.4 Å². The Labute approximate surface area is 79.7 Å². The van der Waals surface area contributed by atoms with E-state index in [0.29, 0.717) is 0 Å². The molecule has 1 nitrogen and oxygen atoms in total. The molecule has 13 heavy (non-hydrogen) atoms. The molecule has 0 N–H and O–H groups in total. The number of rotatable bonds is 2. The van der Waals surface area contributed by atoms with Crippen LogP contribution in [0.5, 0.6) is 0 Å². The third-order valence-corrected chi connectivity index (χ3v) is 2.30. The predicted molar refractivity (Wildman–Crippen MR) is 54.1 cm³/mol. The highest BCUT2D eigenvalue weighted by Gasteiger charge is 2.05. The van der Waals surface area contributed by atoms with Gasteiger partial charge in [-0.25, -0.2) is 0 Å². The number of benzene rings is 1. The van der Waals surface area contributed by atoms with Crippen molar-refractivity contribution in [2.45, 2.75) is 13.0 Å².